The minimum Gasteiger partial charge on any atom is -0.496 e. The Morgan fingerprint density at radius 1 is 1.28 bits per heavy atom. The molecule has 0 saturated heterocycles. The number of hydrazine groups is 1. The maximum atomic E-state index is 5.54. The number of nitrogen functional groups attached to an aromatic ring is 1. The van der Waals surface area contributed by atoms with E-state index in [4.69, 9.17) is 10.6 Å². The van der Waals surface area contributed by atoms with Gasteiger partial charge in [-0.2, -0.15) is 0 Å². The number of hydrogen-bond acceptors (Lipinski definition) is 4. The molecule has 4 N–H and O–H groups in total. The fourth-order valence-corrected chi connectivity index (χ4v) is 2.16. The van der Waals surface area contributed by atoms with Crippen molar-refractivity contribution in [2.75, 3.05) is 12.5 Å². The van der Waals surface area contributed by atoms with Crippen LogP contribution in [0.4, 0.5) is 5.95 Å². The highest BCUT2D eigenvalue weighted by Gasteiger charge is 2.15. The van der Waals surface area contributed by atoms with Crippen LogP contribution in [0.25, 0.3) is 11.3 Å². The third kappa shape index (κ3) is 1.93. The molecule has 0 unspecified atom stereocenters. The number of nitrogens with zero attached hydrogens (tertiary/aromatic N) is 1. The normalized spacial score (nSPS) is 10.5. The van der Waals surface area contributed by atoms with Crippen LogP contribution in [0.1, 0.15) is 16.7 Å². The van der Waals surface area contributed by atoms with Crippen molar-refractivity contribution in [2.45, 2.75) is 20.8 Å². The maximum absolute atomic E-state index is 5.54. The highest BCUT2D eigenvalue weighted by atomic mass is 16.5. The van der Waals surface area contributed by atoms with E-state index in [0.29, 0.717) is 5.95 Å². The molecule has 0 saturated carbocycles. The van der Waals surface area contributed by atoms with E-state index >= 15 is 0 Å². The Bertz CT molecular complexity index is 575. The lowest BCUT2D eigenvalue weighted by atomic mass is 9.97. The molecule has 0 aliphatic heterocycles. The first-order valence-corrected chi connectivity index (χ1v) is 5.75. The van der Waals surface area contributed by atoms with Crippen LogP contribution in [0, 0.1) is 20.8 Å². The zero-order valence-electron chi connectivity index (χ0n) is 11.1. The van der Waals surface area contributed by atoms with Crippen molar-refractivity contribution in [3.05, 3.63) is 29.0 Å². The third-order valence-corrected chi connectivity index (χ3v) is 3.17. The van der Waals surface area contributed by atoms with Gasteiger partial charge in [0.05, 0.1) is 19.0 Å². The topological polar surface area (TPSA) is 76.0 Å². The molecule has 1 aromatic carbocycles. The van der Waals surface area contributed by atoms with Crippen LogP contribution in [0.3, 0.4) is 0 Å². The smallest absolute Gasteiger partial charge is 0.215 e. The molecule has 5 heteroatoms. The average Bonchev–Trinajstić information content (AvgIpc) is 2.81. The van der Waals surface area contributed by atoms with Crippen molar-refractivity contribution in [1.29, 1.82) is 0 Å². The van der Waals surface area contributed by atoms with Crippen molar-refractivity contribution < 1.29 is 4.74 Å². The first-order valence-electron chi connectivity index (χ1n) is 5.75. The summed E-state index contributed by atoms with van der Waals surface area (Å²) in [6, 6.07) is 2.14. The predicted octanol–water partition coefficient (Wildman–Crippen LogP) is 2.30. The maximum Gasteiger partial charge on any atom is 0.215 e. The van der Waals surface area contributed by atoms with Crippen LogP contribution in [0.2, 0.25) is 0 Å². The lowest BCUT2D eigenvalue weighted by molar-refractivity contribution is 0.412. The summed E-state index contributed by atoms with van der Waals surface area (Å²) >= 11 is 0. The number of imidazole rings is 1. The van der Waals surface area contributed by atoms with Gasteiger partial charge in [-0.3, -0.25) is 5.43 Å². The summed E-state index contributed by atoms with van der Waals surface area (Å²) in [7, 11) is 1.68. The van der Waals surface area contributed by atoms with Gasteiger partial charge >= 0.3 is 0 Å². The molecule has 2 aromatic rings. The highest BCUT2D eigenvalue weighted by molar-refractivity contribution is 5.74. The molecule has 18 heavy (non-hydrogen) atoms. The lowest BCUT2D eigenvalue weighted by Gasteiger charge is -2.15. The van der Waals surface area contributed by atoms with E-state index in [-0.39, 0.29) is 0 Å². The van der Waals surface area contributed by atoms with E-state index in [1.807, 2.05) is 0 Å². The molecule has 0 atom stereocenters. The van der Waals surface area contributed by atoms with Crippen LogP contribution >= 0.6 is 0 Å². The Balaban J connectivity index is 2.66. The van der Waals surface area contributed by atoms with Crippen molar-refractivity contribution in [3.8, 4) is 17.0 Å². The molecule has 1 heterocycles. The van der Waals surface area contributed by atoms with Gasteiger partial charge in [0.25, 0.3) is 0 Å². The lowest BCUT2D eigenvalue weighted by Crippen LogP contribution is -2.07. The molecule has 0 amide bonds. The predicted molar refractivity (Wildman–Crippen MR) is 72.6 cm³/mol. The number of nitrogens with one attached hydrogen (secondary N) is 2. The average molecular weight is 246 g/mol. The number of anilines is 1. The van der Waals surface area contributed by atoms with Crippen LogP contribution < -0.4 is 16.0 Å². The molecule has 0 bridgehead atoms. The fraction of sp³-hybridized carbons (Fsp3) is 0.308. The van der Waals surface area contributed by atoms with E-state index in [2.05, 4.69) is 42.2 Å². The molecule has 5 nitrogen and oxygen atoms in total. The van der Waals surface area contributed by atoms with Crippen LogP contribution in [0.5, 0.6) is 5.75 Å². The Morgan fingerprint density at radius 3 is 2.56 bits per heavy atom. The zero-order chi connectivity index (χ0) is 13.3. The monoisotopic (exact) mass is 246 g/mol. The Labute approximate surface area is 106 Å². The van der Waals surface area contributed by atoms with Crippen LogP contribution in [0.15, 0.2) is 12.3 Å². The molecule has 0 aliphatic rings. The summed E-state index contributed by atoms with van der Waals surface area (Å²) in [4.78, 5) is 7.25. The number of rotatable bonds is 3. The number of benzene rings is 1. The number of hydrogen-bond donors (Lipinski definition) is 3. The standard InChI is InChI=1S/C13H18N4O/c1-7-5-8(2)11(12(18-4)9(7)3)10-6-15-13(16-10)17-14/h5-6H,14H2,1-4H3,(H2,15,16,17). The van der Waals surface area contributed by atoms with Crippen molar-refractivity contribution >= 4 is 5.95 Å². The minimum atomic E-state index is 0.532. The Hall–Kier alpha value is -2.01. The first kappa shape index (κ1) is 12.4. The highest BCUT2D eigenvalue weighted by Crippen LogP contribution is 2.36. The third-order valence-electron chi connectivity index (χ3n) is 3.17. The van der Waals surface area contributed by atoms with Gasteiger partial charge in [0.1, 0.15) is 5.75 Å². The van der Waals surface area contributed by atoms with Gasteiger partial charge in [-0.05, 0) is 37.5 Å². The molecule has 0 spiro atoms. The SMILES string of the molecule is COc1c(C)c(C)cc(C)c1-c1cnc(NN)[nH]1. The van der Waals surface area contributed by atoms with E-state index in [9.17, 15) is 0 Å². The molecule has 0 aliphatic carbocycles. The van der Waals surface area contributed by atoms with Crippen molar-refractivity contribution in [3.63, 3.8) is 0 Å². The second-order valence-electron chi connectivity index (χ2n) is 4.33. The molecular weight excluding hydrogens is 228 g/mol. The summed E-state index contributed by atoms with van der Waals surface area (Å²) in [5, 5.41) is 0. The van der Waals surface area contributed by atoms with Gasteiger partial charge in [-0.15, -0.1) is 0 Å². The number of methoxy groups -OCH3 is 1. The van der Waals surface area contributed by atoms with Crippen molar-refractivity contribution in [1.82, 2.24) is 9.97 Å². The number of ether oxygens (including phenoxy) is 1. The van der Waals surface area contributed by atoms with Gasteiger partial charge in [0.15, 0.2) is 0 Å². The van der Waals surface area contributed by atoms with Gasteiger partial charge < -0.3 is 9.72 Å². The van der Waals surface area contributed by atoms with Crippen molar-refractivity contribution in [2.24, 2.45) is 5.84 Å². The number of aromatic amines is 1. The molecule has 1 aromatic heterocycles. The summed E-state index contributed by atoms with van der Waals surface area (Å²) in [5.41, 5.74) is 7.89. The largest absolute Gasteiger partial charge is 0.496 e. The van der Waals surface area contributed by atoms with E-state index in [1.54, 1.807) is 13.3 Å². The number of H-pyrrole nitrogens is 1. The Morgan fingerprint density at radius 2 is 2.00 bits per heavy atom. The number of nitrogens with two attached hydrogens (primary N) is 1. The van der Waals surface area contributed by atoms with Crippen LogP contribution in [-0.2, 0) is 0 Å². The zero-order valence-corrected chi connectivity index (χ0v) is 11.1. The van der Waals surface area contributed by atoms with E-state index < -0.39 is 0 Å². The van der Waals surface area contributed by atoms with E-state index in [1.165, 1.54) is 5.56 Å². The summed E-state index contributed by atoms with van der Waals surface area (Å²) < 4.78 is 5.54. The molecular formula is C13H18N4O. The second-order valence-corrected chi connectivity index (χ2v) is 4.33. The fourth-order valence-electron chi connectivity index (χ4n) is 2.16. The summed E-state index contributed by atoms with van der Waals surface area (Å²) in [5.74, 6) is 6.74. The van der Waals surface area contributed by atoms with Gasteiger partial charge in [0, 0.05) is 5.56 Å². The van der Waals surface area contributed by atoms with Gasteiger partial charge in [0.2, 0.25) is 5.95 Å². The Kier molecular flexibility index (Phi) is 3.25. The number of aromatic nitrogens is 2. The number of aryl methyl sites for hydroxylation is 2. The molecule has 0 radical (unpaired) electrons. The molecule has 96 valence electrons. The quantitative estimate of drug-likeness (QED) is 0.573. The minimum absolute atomic E-state index is 0.532. The van der Waals surface area contributed by atoms with Gasteiger partial charge in [-0.25, -0.2) is 10.8 Å². The van der Waals surface area contributed by atoms with Crippen LogP contribution in [-0.4, -0.2) is 17.1 Å². The summed E-state index contributed by atoms with van der Waals surface area (Å²) in [6.45, 7) is 6.19. The first-order chi connectivity index (χ1) is 8.58. The molecule has 0 fully saturated rings. The van der Waals surface area contributed by atoms with E-state index in [0.717, 1.165) is 28.1 Å². The second kappa shape index (κ2) is 4.70. The van der Waals surface area contributed by atoms with Gasteiger partial charge in [-0.1, -0.05) is 6.07 Å². The summed E-state index contributed by atoms with van der Waals surface area (Å²) in [6.07, 6.45) is 1.74. The molecule has 2 rings (SSSR count).